The number of aryl methyl sites for hydroxylation is 2. The molecule has 1 heterocycles. The molecule has 0 radical (unpaired) electrons. The highest BCUT2D eigenvalue weighted by molar-refractivity contribution is 9.10. The molecule has 1 atom stereocenters. The lowest BCUT2D eigenvalue weighted by Gasteiger charge is -2.14. The molecular formula is C14H14BrN3O3. The highest BCUT2D eigenvalue weighted by Gasteiger charge is 2.24. The lowest BCUT2D eigenvalue weighted by molar-refractivity contribution is -0.139. The van der Waals surface area contributed by atoms with Crippen molar-refractivity contribution in [2.24, 2.45) is 7.05 Å². The van der Waals surface area contributed by atoms with Crippen LogP contribution < -0.4 is 5.32 Å². The third-order valence-corrected chi connectivity index (χ3v) is 3.61. The number of nitrogens with zero attached hydrogens (tertiary/aromatic N) is 2. The first kappa shape index (κ1) is 15.2. The van der Waals surface area contributed by atoms with Gasteiger partial charge in [0.2, 0.25) is 0 Å². The fourth-order valence-corrected chi connectivity index (χ4v) is 2.56. The zero-order valence-electron chi connectivity index (χ0n) is 11.5. The molecule has 0 saturated heterocycles. The van der Waals surface area contributed by atoms with E-state index < -0.39 is 17.9 Å². The molecule has 1 aromatic heterocycles. The van der Waals surface area contributed by atoms with Crippen molar-refractivity contribution in [2.45, 2.75) is 13.0 Å². The Morgan fingerprint density at radius 2 is 2.14 bits per heavy atom. The predicted molar refractivity (Wildman–Crippen MR) is 79.9 cm³/mol. The van der Waals surface area contributed by atoms with Crippen molar-refractivity contribution >= 4 is 27.8 Å². The van der Waals surface area contributed by atoms with Crippen molar-refractivity contribution in [2.75, 3.05) is 0 Å². The van der Waals surface area contributed by atoms with Crippen molar-refractivity contribution in [3.63, 3.8) is 0 Å². The van der Waals surface area contributed by atoms with Crippen LogP contribution >= 0.6 is 15.9 Å². The second kappa shape index (κ2) is 6.09. The number of nitrogens with one attached hydrogen (secondary N) is 1. The Morgan fingerprint density at radius 1 is 1.43 bits per heavy atom. The van der Waals surface area contributed by atoms with Gasteiger partial charge in [-0.2, -0.15) is 5.10 Å². The summed E-state index contributed by atoms with van der Waals surface area (Å²) < 4.78 is 2.11. The van der Waals surface area contributed by atoms with Gasteiger partial charge in [0.05, 0.1) is 11.8 Å². The van der Waals surface area contributed by atoms with Crippen LogP contribution in [0.1, 0.15) is 27.5 Å². The van der Waals surface area contributed by atoms with Gasteiger partial charge in [-0.15, -0.1) is 0 Å². The van der Waals surface area contributed by atoms with Gasteiger partial charge in [0.15, 0.2) is 6.04 Å². The molecule has 0 fully saturated rings. The molecule has 2 aromatic rings. The molecule has 2 N–H and O–H groups in total. The average Bonchev–Trinajstić information content (AvgIpc) is 2.81. The summed E-state index contributed by atoms with van der Waals surface area (Å²) in [6, 6.07) is 4.10. The largest absolute Gasteiger partial charge is 0.479 e. The lowest BCUT2D eigenvalue weighted by atomic mass is 10.1. The maximum Gasteiger partial charge on any atom is 0.331 e. The van der Waals surface area contributed by atoms with Gasteiger partial charge >= 0.3 is 5.97 Å². The van der Waals surface area contributed by atoms with Crippen LogP contribution in [0.5, 0.6) is 0 Å². The van der Waals surface area contributed by atoms with Gasteiger partial charge in [-0.25, -0.2) is 4.79 Å². The molecule has 6 nitrogen and oxygen atoms in total. The first-order chi connectivity index (χ1) is 9.88. The van der Waals surface area contributed by atoms with E-state index in [0.717, 1.165) is 5.56 Å². The first-order valence-electron chi connectivity index (χ1n) is 6.17. The van der Waals surface area contributed by atoms with E-state index in [1.165, 1.54) is 10.9 Å². The zero-order valence-corrected chi connectivity index (χ0v) is 13.1. The molecule has 0 spiro atoms. The molecule has 1 amide bonds. The molecule has 21 heavy (non-hydrogen) atoms. The first-order valence-corrected chi connectivity index (χ1v) is 6.96. The summed E-state index contributed by atoms with van der Waals surface area (Å²) >= 11 is 3.31. The Morgan fingerprint density at radius 3 is 2.67 bits per heavy atom. The summed E-state index contributed by atoms with van der Waals surface area (Å²) in [6.07, 6.45) is 2.98. The van der Waals surface area contributed by atoms with Crippen molar-refractivity contribution in [1.29, 1.82) is 0 Å². The topological polar surface area (TPSA) is 84.2 Å². The SMILES string of the molecule is Cc1ccc(C(=O)NC(C(=O)O)c2cnn(C)c2)c(Br)c1. The molecule has 110 valence electrons. The molecule has 0 aliphatic carbocycles. The van der Waals surface area contributed by atoms with Crippen LogP contribution in [0.2, 0.25) is 0 Å². The average molecular weight is 352 g/mol. The number of hydrogen-bond donors (Lipinski definition) is 2. The minimum Gasteiger partial charge on any atom is -0.479 e. The number of hydrogen-bond acceptors (Lipinski definition) is 3. The summed E-state index contributed by atoms with van der Waals surface area (Å²) in [7, 11) is 1.68. The number of benzene rings is 1. The quantitative estimate of drug-likeness (QED) is 0.882. The zero-order chi connectivity index (χ0) is 15.6. The molecule has 0 saturated carbocycles. The van der Waals surface area contributed by atoms with Gasteiger partial charge in [-0.1, -0.05) is 6.07 Å². The molecule has 0 bridgehead atoms. The summed E-state index contributed by atoms with van der Waals surface area (Å²) in [5.74, 6) is -1.60. The standard InChI is InChI=1S/C14H14BrN3O3/c1-8-3-4-10(11(15)5-8)13(19)17-12(14(20)21)9-6-16-18(2)7-9/h3-7,12H,1-2H3,(H,17,19)(H,20,21). The summed E-state index contributed by atoms with van der Waals surface area (Å²) in [4.78, 5) is 23.6. The normalized spacial score (nSPS) is 12.0. The third kappa shape index (κ3) is 3.49. The Hall–Kier alpha value is -2.15. The van der Waals surface area contributed by atoms with Gasteiger partial charge < -0.3 is 10.4 Å². The van der Waals surface area contributed by atoms with Crippen molar-refractivity contribution in [3.8, 4) is 0 Å². The van der Waals surface area contributed by atoms with Crippen molar-refractivity contribution in [1.82, 2.24) is 15.1 Å². The van der Waals surface area contributed by atoms with Gasteiger partial charge in [0.25, 0.3) is 5.91 Å². The molecule has 7 heteroatoms. The fourth-order valence-electron chi connectivity index (χ4n) is 1.89. The summed E-state index contributed by atoms with van der Waals surface area (Å²) in [5.41, 5.74) is 1.80. The number of aromatic nitrogens is 2. The van der Waals surface area contributed by atoms with E-state index in [1.54, 1.807) is 31.4 Å². The van der Waals surface area contributed by atoms with Gasteiger partial charge in [-0.3, -0.25) is 9.48 Å². The maximum atomic E-state index is 12.2. The van der Waals surface area contributed by atoms with Crippen LogP contribution in [-0.4, -0.2) is 26.8 Å². The van der Waals surface area contributed by atoms with Crippen molar-refractivity contribution < 1.29 is 14.7 Å². The maximum absolute atomic E-state index is 12.2. The van der Waals surface area contributed by atoms with Crippen LogP contribution in [0, 0.1) is 6.92 Å². The molecular weight excluding hydrogens is 338 g/mol. The van der Waals surface area contributed by atoms with E-state index >= 15 is 0 Å². The number of amides is 1. The number of aliphatic carboxylic acids is 1. The third-order valence-electron chi connectivity index (χ3n) is 2.95. The van der Waals surface area contributed by atoms with E-state index in [2.05, 4.69) is 26.3 Å². The number of carboxylic acids is 1. The van der Waals surface area contributed by atoms with E-state index in [1.807, 2.05) is 6.92 Å². The Kier molecular flexibility index (Phi) is 4.42. The predicted octanol–water partition coefficient (Wildman–Crippen LogP) is 2.05. The van der Waals surface area contributed by atoms with Gasteiger partial charge in [-0.05, 0) is 40.5 Å². The molecule has 2 rings (SSSR count). The van der Waals surface area contributed by atoms with Crippen molar-refractivity contribution in [3.05, 3.63) is 51.8 Å². The monoisotopic (exact) mass is 351 g/mol. The Balaban J connectivity index is 2.25. The fraction of sp³-hybridized carbons (Fsp3) is 0.214. The second-order valence-electron chi connectivity index (χ2n) is 4.68. The smallest absolute Gasteiger partial charge is 0.331 e. The van der Waals surface area contributed by atoms with E-state index in [4.69, 9.17) is 0 Å². The highest BCUT2D eigenvalue weighted by Crippen LogP contribution is 2.20. The summed E-state index contributed by atoms with van der Waals surface area (Å²) in [5, 5.41) is 15.7. The van der Waals surface area contributed by atoms with Gasteiger partial charge in [0.1, 0.15) is 0 Å². The molecule has 1 aromatic carbocycles. The van der Waals surface area contributed by atoms with Crippen LogP contribution in [-0.2, 0) is 11.8 Å². The van der Waals surface area contributed by atoms with E-state index in [-0.39, 0.29) is 0 Å². The molecule has 0 aliphatic heterocycles. The minimum atomic E-state index is -1.14. The van der Waals surface area contributed by atoms with Crippen LogP contribution in [0.4, 0.5) is 0 Å². The lowest BCUT2D eigenvalue weighted by Crippen LogP contribution is -2.33. The number of rotatable bonds is 4. The van der Waals surface area contributed by atoms with Crippen LogP contribution in [0.3, 0.4) is 0 Å². The number of carbonyl (C=O) groups excluding carboxylic acids is 1. The highest BCUT2D eigenvalue weighted by atomic mass is 79.9. The van der Waals surface area contributed by atoms with E-state index in [9.17, 15) is 14.7 Å². The summed E-state index contributed by atoms with van der Waals surface area (Å²) in [6.45, 7) is 1.90. The Labute approximate surface area is 129 Å². The number of carbonyl (C=O) groups is 2. The van der Waals surface area contributed by atoms with Gasteiger partial charge in [0, 0.05) is 23.3 Å². The Bertz CT molecular complexity index is 697. The van der Waals surface area contributed by atoms with E-state index in [0.29, 0.717) is 15.6 Å². The number of halogens is 1. The van der Waals surface area contributed by atoms with Crippen LogP contribution in [0.15, 0.2) is 35.1 Å². The minimum absolute atomic E-state index is 0.385. The molecule has 0 aliphatic rings. The second-order valence-corrected chi connectivity index (χ2v) is 5.53. The number of carboxylic acid groups (broad SMARTS) is 1. The molecule has 1 unspecified atom stereocenters. The van der Waals surface area contributed by atoms with Crippen LogP contribution in [0.25, 0.3) is 0 Å².